The first kappa shape index (κ1) is 29.6. The summed E-state index contributed by atoms with van der Waals surface area (Å²) in [5.74, 6) is -0.227. The molecule has 2 aromatic heterocycles. The maximum absolute atomic E-state index is 13.9. The monoisotopic (exact) mass is 574 g/mol. The first-order valence-electron chi connectivity index (χ1n) is 14.8. The third kappa shape index (κ3) is 5.88. The molecule has 3 fully saturated rings. The number of nitrogens with zero attached hydrogens (tertiary/aromatic N) is 5. The minimum absolute atomic E-state index is 0.109. The van der Waals surface area contributed by atoms with Crippen molar-refractivity contribution < 1.29 is 22.7 Å². The van der Waals surface area contributed by atoms with Gasteiger partial charge in [-0.15, -0.1) is 0 Å². The van der Waals surface area contributed by atoms with E-state index in [1.165, 1.54) is 4.90 Å². The van der Waals surface area contributed by atoms with Gasteiger partial charge in [0, 0.05) is 51.0 Å². The highest BCUT2D eigenvalue weighted by molar-refractivity contribution is 5.85. The highest BCUT2D eigenvalue weighted by Crippen LogP contribution is 2.54. The molecule has 0 bridgehead atoms. The zero-order valence-corrected chi connectivity index (χ0v) is 24.2. The Bertz CT molecular complexity index is 1220. The topological polar surface area (TPSA) is 73.8 Å². The first-order valence-corrected chi connectivity index (χ1v) is 14.8. The second-order valence-corrected chi connectivity index (χ2v) is 11.5. The first-order chi connectivity index (χ1) is 19.7. The molecule has 4 heterocycles. The van der Waals surface area contributed by atoms with Crippen molar-refractivity contribution in [2.45, 2.75) is 70.8 Å². The molecule has 0 unspecified atom stereocenters. The number of rotatable bonds is 9. The van der Waals surface area contributed by atoms with E-state index in [0.717, 1.165) is 42.1 Å². The van der Waals surface area contributed by atoms with Gasteiger partial charge < -0.3 is 24.8 Å². The molecule has 5 rings (SSSR count). The minimum Gasteiger partial charge on any atom is -0.477 e. The van der Waals surface area contributed by atoms with Crippen LogP contribution in [-0.2, 0) is 11.3 Å². The molecule has 1 aliphatic carbocycles. The zero-order valence-electron chi connectivity index (χ0n) is 24.2. The van der Waals surface area contributed by atoms with E-state index in [1.54, 1.807) is 6.20 Å². The number of hydrogen-bond donors (Lipinski definition) is 1. The largest absolute Gasteiger partial charge is 0.477 e. The number of alkyl halides is 3. The molecule has 224 valence electrons. The number of hydrogen-bond acceptors (Lipinski definition) is 7. The second-order valence-electron chi connectivity index (χ2n) is 11.5. The highest BCUT2D eigenvalue weighted by Gasteiger charge is 2.64. The fraction of sp³-hybridized carbons (Fsp3) is 0.633. The van der Waals surface area contributed by atoms with Crippen LogP contribution in [0.15, 0.2) is 30.5 Å². The summed E-state index contributed by atoms with van der Waals surface area (Å²) < 4.78 is 47.6. The molecule has 1 amide bonds. The van der Waals surface area contributed by atoms with Crippen molar-refractivity contribution in [3.63, 3.8) is 0 Å². The van der Waals surface area contributed by atoms with Crippen LogP contribution in [0.1, 0.15) is 51.6 Å². The summed E-state index contributed by atoms with van der Waals surface area (Å²) in [5.41, 5.74) is 1.17. The maximum Gasteiger partial charge on any atom is 0.403 e. The van der Waals surface area contributed by atoms with Crippen molar-refractivity contribution in [2.24, 2.45) is 5.41 Å². The van der Waals surface area contributed by atoms with Crippen LogP contribution in [0.2, 0.25) is 0 Å². The van der Waals surface area contributed by atoms with E-state index >= 15 is 0 Å². The van der Waals surface area contributed by atoms with Crippen LogP contribution < -0.4 is 15.0 Å². The molecule has 2 aliphatic heterocycles. The van der Waals surface area contributed by atoms with Crippen LogP contribution in [0.25, 0.3) is 11.3 Å². The number of amides is 1. The Balaban J connectivity index is 1.42. The Morgan fingerprint density at radius 3 is 2.59 bits per heavy atom. The Labute approximate surface area is 240 Å². The lowest BCUT2D eigenvalue weighted by Gasteiger charge is -2.49. The Kier molecular flexibility index (Phi) is 8.75. The third-order valence-corrected chi connectivity index (χ3v) is 8.94. The lowest BCUT2D eigenvalue weighted by atomic mass is 9.67. The average Bonchev–Trinajstić information content (AvgIpc) is 3.35. The fourth-order valence-electron chi connectivity index (χ4n) is 6.37. The molecule has 0 spiro atoms. The molecule has 41 heavy (non-hydrogen) atoms. The van der Waals surface area contributed by atoms with Gasteiger partial charge in [0.25, 0.3) is 0 Å². The molecule has 2 aromatic rings. The molecular weight excluding hydrogens is 533 g/mol. The summed E-state index contributed by atoms with van der Waals surface area (Å²) in [5, 5.41) is 3.67. The second kappa shape index (κ2) is 12.1. The molecule has 11 heteroatoms. The number of carbonyl (C=O) groups excluding carboxylic acids is 1. The van der Waals surface area contributed by atoms with Gasteiger partial charge in [-0.3, -0.25) is 4.79 Å². The summed E-state index contributed by atoms with van der Waals surface area (Å²) in [6.07, 6.45) is -0.842. The smallest absolute Gasteiger partial charge is 0.403 e. The standard InChI is InChI=1S/C30H41F3N6O2/c1-4-22-20-38(28(40)29(12-7-13-29)30(31,32)33)16-17-39(22)26-10-9-24(23-8-6-14-34-27(23)41-5-2)36-25(26)18-35-21-11-15-37(3)19-21/h6,8-10,14,21-22,35H,4-5,7,11-13,15-20H2,1-3H3/t21-,22-/m1/s1. The number of carbonyl (C=O) groups is 1. The number of anilines is 1. The Hall–Kier alpha value is -2.92. The lowest BCUT2D eigenvalue weighted by molar-refractivity contribution is -0.248. The van der Waals surface area contributed by atoms with E-state index in [-0.39, 0.29) is 32.0 Å². The summed E-state index contributed by atoms with van der Waals surface area (Å²) in [7, 11) is 2.11. The number of pyridine rings is 2. The van der Waals surface area contributed by atoms with Crippen LogP contribution in [0.5, 0.6) is 5.88 Å². The maximum atomic E-state index is 13.9. The van der Waals surface area contributed by atoms with E-state index in [9.17, 15) is 18.0 Å². The van der Waals surface area contributed by atoms with Crippen molar-refractivity contribution in [1.29, 1.82) is 0 Å². The summed E-state index contributed by atoms with van der Waals surface area (Å²) in [6.45, 7) is 7.96. The number of halogens is 3. The molecule has 8 nitrogen and oxygen atoms in total. The number of likely N-dealkylation sites (tertiary alicyclic amines) is 1. The molecule has 0 radical (unpaired) electrons. The van der Waals surface area contributed by atoms with Gasteiger partial charge in [0.05, 0.1) is 29.2 Å². The molecule has 0 aromatic carbocycles. The van der Waals surface area contributed by atoms with Gasteiger partial charge in [-0.1, -0.05) is 13.3 Å². The van der Waals surface area contributed by atoms with Gasteiger partial charge in [0.2, 0.25) is 11.8 Å². The van der Waals surface area contributed by atoms with Crippen LogP contribution in [0.4, 0.5) is 18.9 Å². The molecular formula is C30H41F3N6O2. The van der Waals surface area contributed by atoms with Gasteiger partial charge in [0.1, 0.15) is 5.41 Å². The zero-order chi connectivity index (χ0) is 29.2. The van der Waals surface area contributed by atoms with Gasteiger partial charge in [0.15, 0.2) is 0 Å². The van der Waals surface area contributed by atoms with Crippen molar-refractivity contribution in [3.8, 4) is 17.1 Å². The number of ether oxygens (including phenoxy) is 1. The number of nitrogens with one attached hydrogen (secondary N) is 1. The molecule has 2 atom stereocenters. The van der Waals surface area contributed by atoms with Crippen molar-refractivity contribution in [1.82, 2.24) is 25.1 Å². The summed E-state index contributed by atoms with van der Waals surface area (Å²) >= 11 is 0. The Morgan fingerprint density at radius 1 is 1.15 bits per heavy atom. The van der Waals surface area contributed by atoms with Crippen molar-refractivity contribution in [3.05, 3.63) is 36.2 Å². The SMILES string of the molecule is CCOc1ncccc1-c1ccc(N2CCN(C(=O)C3(C(F)(F)F)CCC3)C[C@H]2CC)c(CN[C@@H]2CCN(C)C2)n1. The Morgan fingerprint density at radius 2 is 1.95 bits per heavy atom. The van der Waals surface area contributed by atoms with Crippen molar-refractivity contribution in [2.75, 3.05) is 51.3 Å². The molecule has 1 N–H and O–H groups in total. The molecule has 3 aliphatic rings. The molecule has 2 saturated heterocycles. The quantitative estimate of drug-likeness (QED) is 0.473. The number of likely N-dealkylation sites (N-methyl/N-ethyl adjacent to an activating group) is 1. The minimum atomic E-state index is -4.51. The fourth-order valence-corrected chi connectivity index (χ4v) is 6.37. The predicted molar refractivity (Wildman–Crippen MR) is 152 cm³/mol. The van der Waals surface area contributed by atoms with Crippen LogP contribution in [-0.4, -0.2) is 90.3 Å². The van der Waals surface area contributed by atoms with E-state index < -0.39 is 17.5 Å². The van der Waals surface area contributed by atoms with E-state index in [2.05, 4.69) is 27.1 Å². The van der Waals surface area contributed by atoms with E-state index in [0.29, 0.717) is 44.5 Å². The predicted octanol–water partition coefficient (Wildman–Crippen LogP) is 4.50. The van der Waals surface area contributed by atoms with Crippen molar-refractivity contribution >= 4 is 11.6 Å². The van der Waals surface area contributed by atoms with Gasteiger partial charge in [-0.05, 0) is 70.5 Å². The summed E-state index contributed by atoms with van der Waals surface area (Å²) in [6, 6.07) is 8.05. The van der Waals surface area contributed by atoms with Gasteiger partial charge >= 0.3 is 6.18 Å². The van der Waals surface area contributed by atoms with Gasteiger partial charge in [-0.2, -0.15) is 13.2 Å². The third-order valence-electron chi connectivity index (χ3n) is 8.94. The van der Waals surface area contributed by atoms with Gasteiger partial charge in [-0.25, -0.2) is 9.97 Å². The van der Waals surface area contributed by atoms with Crippen LogP contribution in [0.3, 0.4) is 0 Å². The molecule has 1 saturated carbocycles. The van der Waals surface area contributed by atoms with E-state index in [1.807, 2.05) is 38.1 Å². The van der Waals surface area contributed by atoms with E-state index in [4.69, 9.17) is 9.72 Å². The summed E-state index contributed by atoms with van der Waals surface area (Å²) in [4.78, 5) is 28.7. The highest BCUT2D eigenvalue weighted by atomic mass is 19.4. The normalized spacial score (nSPS) is 23.0. The average molecular weight is 575 g/mol. The van der Waals surface area contributed by atoms with Crippen LogP contribution in [0, 0.1) is 5.41 Å². The number of aromatic nitrogens is 2. The van der Waals surface area contributed by atoms with Crippen LogP contribution >= 0.6 is 0 Å². The lowest BCUT2D eigenvalue weighted by Crippen LogP contribution is -2.62. The number of piperazine rings is 1.